The van der Waals surface area contributed by atoms with Crippen molar-refractivity contribution in [3.63, 3.8) is 0 Å². The Morgan fingerprint density at radius 1 is 1.12 bits per heavy atom. The highest BCUT2D eigenvalue weighted by Crippen LogP contribution is 2.28. The van der Waals surface area contributed by atoms with Gasteiger partial charge in [0.2, 0.25) is 0 Å². The Bertz CT molecular complexity index is 484. The van der Waals surface area contributed by atoms with E-state index in [1.807, 2.05) is 36.4 Å². The van der Waals surface area contributed by atoms with E-state index in [2.05, 4.69) is 20.9 Å². The monoisotopic (exact) mass is 275 g/mol. The van der Waals surface area contributed by atoms with Gasteiger partial charge in [0.1, 0.15) is 6.29 Å². The van der Waals surface area contributed by atoms with E-state index in [-0.39, 0.29) is 5.92 Å². The van der Waals surface area contributed by atoms with Crippen LogP contribution in [0.25, 0.3) is 0 Å². The van der Waals surface area contributed by atoms with Crippen molar-refractivity contribution in [3.05, 3.63) is 64.4 Å². The van der Waals surface area contributed by atoms with Crippen LogP contribution >= 0.6 is 15.9 Å². The van der Waals surface area contributed by atoms with Gasteiger partial charge in [0.05, 0.1) is 5.92 Å². The molecule has 0 bridgehead atoms. The predicted octanol–water partition coefficient (Wildman–Crippen LogP) is 3.17. The van der Waals surface area contributed by atoms with Gasteiger partial charge in [0, 0.05) is 16.9 Å². The lowest BCUT2D eigenvalue weighted by Gasteiger charge is -2.12. The van der Waals surface area contributed by atoms with Gasteiger partial charge in [0.25, 0.3) is 0 Å². The second kappa shape index (κ2) is 5.03. The summed E-state index contributed by atoms with van der Waals surface area (Å²) in [6.45, 7) is 0. The summed E-state index contributed by atoms with van der Waals surface area (Å²) in [4.78, 5) is 15.2. The summed E-state index contributed by atoms with van der Waals surface area (Å²) < 4.78 is 0.948. The van der Waals surface area contributed by atoms with Crippen LogP contribution < -0.4 is 0 Å². The highest BCUT2D eigenvalue weighted by molar-refractivity contribution is 9.10. The summed E-state index contributed by atoms with van der Waals surface area (Å²) >= 11 is 3.46. The van der Waals surface area contributed by atoms with Crippen LogP contribution in [0.15, 0.2) is 53.3 Å². The summed E-state index contributed by atoms with van der Waals surface area (Å²) in [7, 11) is 0. The second-order valence-corrected chi connectivity index (χ2v) is 4.27. The lowest BCUT2D eigenvalue weighted by molar-refractivity contribution is -0.108. The van der Waals surface area contributed by atoms with Gasteiger partial charge >= 0.3 is 0 Å². The first-order chi connectivity index (χ1) is 7.83. The van der Waals surface area contributed by atoms with Crippen molar-refractivity contribution in [3.8, 4) is 0 Å². The van der Waals surface area contributed by atoms with E-state index < -0.39 is 0 Å². The topological polar surface area (TPSA) is 30.0 Å². The van der Waals surface area contributed by atoms with Crippen molar-refractivity contribution in [2.45, 2.75) is 5.92 Å². The summed E-state index contributed by atoms with van der Waals surface area (Å²) in [6.07, 6.45) is 4.35. The fraction of sp³-hybridized carbons (Fsp3) is 0.0769. The summed E-state index contributed by atoms with van der Waals surface area (Å²) in [5.41, 5.74) is 1.93. The molecule has 1 unspecified atom stereocenters. The number of pyridine rings is 1. The van der Waals surface area contributed by atoms with Crippen molar-refractivity contribution in [1.29, 1.82) is 0 Å². The number of benzene rings is 1. The molecule has 2 nitrogen and oxygen atoms in total. The number of carbonyl (C=O) groups excluding carboxylic acids is 1. The van der Waals surface area contributed by atoms with Gasteiger partial charge in [-0.15, -0.1) is 0 Å². The van der Waals surface area contributed by atoms with Crippen LogP contribution in [0.3, 0.4) is 0 Å². The Hall–Kier alpha value is -1.48. The molecule has 1 aromatic heterocycles. The maximum atomic E-state index is 11.2. The third kappa shape index (κ3) is 2.19. The highest BCUT2D eigenvalue weighted by Gasteiger charge is 2.14. The van der Waals surface area contributed by atoms with E-state index in [0.717, 1.165) is 21.9 Å². The van der Waals surface area contributed by atoms with E-state index in [4.69, 9.17) is 0 Å². The van der Waals surface area contributed by atoms with E-state index in [0.29, 0.717) is 0 Å². The zero-order valence-electron chi connectivity index (χ0n) is 8.51. The van der Waals surface area contributed by atoms with Gasteiger partial charge in [-0.25, -0.2) is 0 Å². The van der Waals surface area contributed by atoms with Crippen LogP contribution in [-0.2, 0) is 4.79 Å². The Morgan fingerprint density at radius 2 is 1.81 bits per heavy atom. The molecule has 2 rings (SSSR count). The Morgan fingerprint density at radius 3 is 2.44 bits per heavy atom. The summed E-state index contributed by atoms with van der Waals surface area (Å²) in [5, 5.41) is 0. The van der Waals surface area contributed by atoms with E-state index in [1.165, 1.54) is 0 Å². The van der Waals surface area contributed by atoms with Crippen LogP contribution in [-0.4, -0.2) is 11.3 Å². The molecule has 0 aliphatic heterocycles. The summed E-state index contributed by atoms with van der Waals surface area (Å²) in [5.74, 6) is -0.237. The molecule has 0 saturated carbocycles. The average molecular weight is 276 g/mol. The van der Waals surface area contributed by atoms with Crippen molar-refractivity contribution in [2.75, 3.05) is 0 Å². The second-order valence-electron chi connectivity index (χ2n) is 3.42. The average Bonchev–Trinajstić information content (AvgIpc) is 2.34. The Kier molecular flexibility index (Phi) is 3.47. The minimum Gasteiger partial charge on any atom is -0.302 e. The molecule has 1 heterocycles. The van der Waals surface area contributed by atoms with Gasteiger partial charge < -0.3 is 4.79 Å². The summed E-state index contributed by atoms with van der Waals surface area (Å²) in [6, 6.07) is 11.5. The van der Waals surface area contributed by atoms with Gasteiger partial charge in [-0.3, -0.25) is 4.98 Å². The molecule has 1 aromatic carbocycles. The van der Waals surface area contributed by atoms with Gasteiger partial charge in [-0.05, 0) is 29.3 Å². The van der Waals surface area contributed by atoms with Crippen LogP contribution in [0, 0.1) is 0 Å². The molecule has 3 heteroatoms. The molecular formula is C13H10BrNO. The van der Waals surface area contributed by atoms with Crippen molar-refractivity contribution >= 4 is 22.2 Å². The maximum absolute atomic E-state index is 11.2. The van der Waals surface area contributed by atoms with Gasteiger partial charge in [-0.1, -0.05) is 34.1 Å². The molecule has 0 spiro atoms. The van der Waals surface area contributed by atoms with E-state index in [9.17, 15) is 4.79 Å². The zero-order chi connectivity index (χ0) is 11.4. The van der Waals surface area contributed by atoms with Crippen molar-refractivity contribution in [2.24, 2.45) is 0 Å². The fourth-order valence-corrected chi connectivity index (χ4v) is 2.16. The molecule has 0 N–H and O–H groups in total. The number of nitrogens with zero attached hydrogens (tertiary/aromatic N) is 1. The standard InChI is InChI=1S/C13H10BrNO/c14-13-4-2-1-3-11(13)12(9-16)10-5-7-15-8-6-10/h1-9,12H. The van der Waals surface area contributed by atoms with Crippen LogP contribution in [0.1, 0.15) is 17.0 Å². The molecule has 0 radical (unpaired) electrons. The zero-order valence-corrected chi connectivity index (χ0v) is 10.1. The first kappa shape index (κ1) is 11.0. The molecular weight excluding hydrogens is 266 g/mol. The SMILES string of the molecule is O=CC(c1ccncc1)c1ccccc1Br. The molecule has 0 amide bonds. The fourth-order valence-electron chi connectivity index (χ4n) is 1.63. The lowest BCUT2D eigenvalue weighted by atomic mass is 9.93. The number of hydrogen-bond acceptors (Lipinski definition) is 2. The highest BCUT2D eigenvalue weighted by atomic mass is 79.9. The minimum absolute atomic E-state index is 0.237. The number of carbonyl (C=O) groups is 1. The number of aromatic nitrogens is 1. The molecule has 0 aliphatic carbocycles. The van der Waals surface area contributed by atoms with E-state index in [1.54, 1.807) is 12.4 Å². The molecule has 0 aliphatic rings. The van der Waals surface area contributed by atoms with Crippen LogP contribution in [0.5, 0.6) is 0 Å². The Balaban J connectivity index is 2.45. The molecule has 2 aromatic rings. The number of hydrogen-bond donors (Lipinski definition) is 0. The van der Waals surface area contributed by atoms with E-state index >= 15 is 0 Å². The third-order valence-corrected chi connectivity index (χ3v) is 3.16. The molecule has 80 valence electrons. The largest absolute Gasteiger partial charge is 0.302 e. The Labute approximate surface area is 102 Å². The van der Waals surface area contributed by atoms with Crippen molar-refractivity contribution < 1.29 is 4.79 Å². The van der Waals surface area contributed by atoms with Crippen LogP contribution in [0.4, 0.5) is 0 Å². The quantitative estimate of drug-likeness (QED) is 0.806. The molecule has 16 heavy (non-hydrogen) atoms. The predicted molar refractivity (Wildman–Crippen MR) is 66.3 cm³/mol. The van der Waals surface area contributed by atoms with Crippen LogP contribution in [0.2, 0.25) is 0 Å². The van der Waals surface area contributed by atoms with Gasteiger partial charge in [0.15, 0.2) is 0 Å². The molecule has 1 atom stereocenters. The molecule has 0 fully saturated rings. The number of aldehydes is 1. The smallest absolute Gasteiger partial charge is 0.131 e. The van der Waals surface area contributed by atoms with Gasteiger partial charge in [-0.2, -0.15) is 0 Å². The first-order valence-electron chi connectivity index (χ1n) is 4.92. The number of rotatable bonds is 3. The molecule has 0 saturated heterocycles. The third-order valence-electron chi connectivity index (χ3n) is 2.44. The first-order valence-corrected chi connectivity index (χ1v) is 5.72. The lowest BCUT2D eigenvalue weighted by Crippen LogP contribution is -2.03. The number of halogens is 1. The maximum Gasteiger partial charge on any atom is 0.131 e. The van der Waals surface area contributed by atoms with Crippen molar-refractivity contribution in [1.82, 2.24) is 4.98 Å². The normalized spacial score (nSPS) is 12.1. The minimum atomic E-state index is -0.237.